The van der Waals surface area contributed by atoms with Crippen LogP contribution in [0.3, 0.4) is 0 Å². The smallest absolute Gasteiger partial charge is 0.382 e. The number of rotatable bonds is 5. The zero-order valence-electron chi connectivity index (χ0n) is 18.1. The van der Waals surface area contributed by atoms with Gasteiger partial charge in [-0.25, -0.2) is 9.97 Å². The number of fused-ring (bicyclic) bond motifs is 3. The van der Waals surface area contributed by atoms with E-state index < -0.39 is 11.7 Å². The molecule has 0 radical (unpaired) electrons. The summed E-state index contributed by atoms with van der Waals surface area (Å²) in [6, 6.07) is 5.52. The number of nitrogens with zero attached hydrogens (tertiary/aromatic N) is 5. The molecule has 11 heteroatoms. The number of nitrogens with two attached hydrogens (primary N) is 1. The van der Waals surface area contributed by atoms with Crippen LogP contribution in [0.1, 0.15) is 40.3 Å². The van der Waals surface area contributed by atoms with Gasteiger partial charge in [-0.2, -0.15) is 13.2 Å². The van der Waals surface area contributed by atoms with E-state index >= 15 is 0 Å². The Hall–Kier alpha value is -3.40. The van der Waals surface area contributed by atoms with Crippen molar-refractivity contribution in [1.82, 2.24) is 24.3 Å². The van der Waals surface area contributed by atoms with Crippen molar-refractivity contribution < 1.29 is 18.0 Å². The first-order chi connectivity index (χ1) is 16.1. The topological polar surface area (TPSA) is 89.4 Å². The molecule has 3 aromatic heterocycles. The third kappa shape index (κ3) is 4.13. The van der Waals surface area contributed by atoms with E-state index in [-0.39, 0.29) is 23.0 Å². The molecule has 4 aromatic rings. The van der Waals surface area contributed by atoms with Gasteiger partial charge in [0.2, 0.25) is 0 Å². The molecule has 1 fully saturated rings. The molecule has 2 N–H and O–H groups in total. The minimum Gasteiger partial charge on any atom is -0.382 e. The molecular weight excluding hydrogens is 469 g/mol. The molecule has 1 aliphatic rings. The number of hydrogen-bond donors (Lipinski definition) is 1. The maximum atomic E-state index is 13.6. The zero-order valence-corrected chi connectivity index (χ0v) is 18.9. The average Bonchev–Trinajstić information content (AvgIpc) is 3.51. The van der Waals surface area contributed by atoms with E-state index in [2.05, 4.69) is 15.0 Å². The molecular formula is C23H20ClF3N6O. The number of imidazole rings is 1. The van der Waals surface area contributed by atoms with Gasteiger partial charge in [0.15, 0.2) is 0 Å². The Labute approximate surface area is 197 Å². The highest BCUT2D eigenvalue weighted by molar-refractivity contribution is 6.34. The van der Waals surface area contributed by atoms with Crippen LogP contribution in [0.4, 0.5) is 19.0 Å². The van der Waals surface area contributed by atoms with Crippen LogP contribution in [0.25, 0.3) is 16.6 Å². The van der Waals surface area contributed by atoms with Crippen molar-refractivity contribution in [1.29, 1.82) is 0 Å². The van der Waals surface area contributed by atoms with Gasteiger partial charge >= 0.3 is 6.18 Å². The van der Waals surface area contributed by atoms with E-state index in [0.29, 0.717) is 46.3 Å². The first-order valence-electron chi connectivity index (χ1n) is 10.7. The minimum atomic E-state index is -4.47. The van der Waals surface area contributed by atoms with E-state index in [1.165, 1.54) is 6.07 Å². The number of halogens is 4. The summed E-state index contributed by atoms with van der Waals surface area (Å²) in [6.07, 6.45) is -0.0844. The molecule has 1 saturated carbocycles. The Morgan fingerprint density at radius 2 is 1.97 bits per heavy atom. The standard InChI is InChI=1S/C23H20ClF3N6O/c1-12-29-9-20-21(28)31-18-7-17(24)16(6-19(18)33(12)20)22(34)32(10-13-2-3-13)11-15-5-4-14(8-30-15)23(25,26)27/h4-9,13H,2-3,10-11H2,1H3,(H2,28,31). The van der Waals surface area contributed by atoms with Gasteiger partial charge in [0.25, 0.3) is 5.91 Å². The molecule has 1 aliphatic carbocycles. The number of pyridine rings is 1. The Kier molecular flexibility index (Phi) is 5.35. The minimum absolute atomic E-state index is 0.0708. The van der Waals surface area contributed by atoms with Crippen LogP contribution in [0.5, 0.6) is 0 Å². The van der Waals surface area contributed by atoms with Gasteiger partial charge in [0.1, 0.15) is 17.2 Å². The van der Waals surface area contributed by atoms with Crippen LogP contribution in [0.15, 0.2) is 36.7 Å². The summed E-state index contributed by atoms with van der Waals surface area (Å²) in [5, 5.41) is 0.211. The fourth-order valence-electron chi connectivity index (χ4n) is 3.98. The Morgan fingerprint density at radius 3 is 2.62 bits per heavy atom. The van der Waals surface area contributed by atoms with Crippen LogP contribution < -0.4 is 5.73 Å². The second kappa shape index (κ2) is 8.12. The molecule has 3 heterocycles. The number of alkyl halides is 3. The molecule has 34 heavy (non-hydrogen) atoms. The van der Waals surface area contributed by atoms with Gasteiger partial charge < -0.3 is 10.6 Å². The molecule has 0 saturated heterocycles. The number of aryl methyl sites for hydroxylation is 1. The first kappa shape index (κ1) is 22.4. The van der Waals surface area contributed by atoms with Crippen molar-refractivity contribution in [2.45, 2.75) is 32.5 Å². The molecule has 0 spiro atoms. The fourth-order valence-corrected chi connectivity index (χ4v) is 4.22. The number of anilines is 1. The molecule has 0 bridgehead atoms. The van der Waals surface area contributed by atoms with E-state index in [0.717, 1.165) is 25.1 Å². The van der Waals surface area contributed by atoms with Crippen LogP contribution in [-0.2, 0) is 12.7 Å². The van der Waals surface area contributed by atoms with Gasteiger partial charge in [-0.15, -0.1) is 0 Å². The molecule has 1 amide bonds. The molecule has 1 aromatic carbocycles. The summed E-state index contributed by atoms with van der Waals surface area (Å²) >= 11 is 6.49. The number of nitrogen functional groups attached to an aromatic ring is 1. The zero-order chi connectivity index (χ0) is 24.2. The predicted molar refractivity (Wildman–Crippen MR) is 121 cm³/mol. The third-order valence-corrected chi connectivity index (χ3v) is 6.26. The Morgan fingerprint density at radius 1 is 1.21 bits per heavy atom. The maximum absolute atomic E-state index is 13.6. The van der Waals surface area contributed by atoms with Crippen molar-refractivity contribution in [2.24, 2.45) is 5.92 Å². The first-order valence-corrected chi connectivity index (χ1v) is 11.0. The maximum Gasteiger partial charge on any atom is 0.417 e. The number of aromatic nitrogens is 4. The van der Waals surface area contributed by atoms with Crippen LogP contribution in [-0.4, -0.2) is 36.7 Å². The second-order valence-electron chi connectivity index (χ2n) is 8.51. The normalized spacial score (nSPS) is 14.1. The lowest BCUT2D eigenvalue weighted by Gasteiger charge is -2.23. The summed E-state index contributed by atoms with van der Waals surface area (Å²) in [5.74, 6) is 0.996. The summed E-state index contributed by atoms with van der Waals surface area (Å²) in [5.41, 5.74) is 7.61. The molecule has 0 aliphatic heterocycles. The lowest BCUT2D eigenvalue weighted by atomic mass is 10.1. The quantitative estimate of drug-likeness (QED) is 0.432. The van der Waals surface area contributed by atoms with Gasteiger partial charge in [0.05, 0.1) is 45.6 Å². The Balaban J connectivity index is 1.52. The SMILES string of the molecule is Cc1ncc2c(N)nc3cc(Cl)c(C(=O)N(Cc4ccc(C(F)(F)F)cn4)CC4CC4)cc3n12. The van der Waals surface area contributed by atoms with Gasteiger partial charge in [-0.1, -0.05) is 11.6 Å². The highest BCUT2D eigenvalue weighted by Crippen LogP contribution is 2.33. The number of hydrogen-bond acceptors (Lipinski definition) is 5. The molecule has 0 unspecified atom stereocenters. The number of carbonyl (C=O) groups is 1. The van der Waals surface area contributed by atoms with Crippen molar-refractivity contribution in [3.63, 3.8) is 0 Å². The molecule has 176 valence electrons. The third-order valence-electron chi connectivity index (χ3n) is 5.94. The van der Waals surface area contributed by atoms with Crippen LogP contribution >= 0.6 is 11.6 Å². The van der Waals surface area contributed by atoms with E-state index in [1.54, 1.807) is 23.2 Å². The van der Waals surface area contributed by atoms with Crippen molar-refractivity contribution in [3.8, 4) is 0 Å². The summed E-state index contributed by atoms with van der Waals surface area (Å²) in [7, 11) is 0. The lowest BCUT2D eigenvalue weighted by Crippen LogP contribution is -2.33. The highest BCUT2D eigenvalue weighted by atomic mass is 35.5. The van der Waals surface area contributed by atoms with Gasteiger partial charge in [0, 0.05) is 12.7 Å². The Bertz CT molecular complexity index is 1410. The van der Waals surface area contributed by atoms with E-state index in [1.807, 2.05) is 11.3 Å². The molecule has 7 nitrogen and oxygen atoms in total. The molecule has 0 atom stereocenters. The number of carbonyl (C=O) groups excluding carboxylic acids is 1. The highest BCUT2D eigenvalue weighted by Gasteiger charge is 2.32. The van der Waals surface area contributed by atoms with Gasteiger partial charge in [-0.05, 0) is 49.9 Å². The second-order valence-corrected chi connectivity index (χ2v) is 8.92. The van der Waals surface area contributed by atoms with Crippen molar-refractivity contribution in [3.05, 3.63) is 64.3 Å². The molecule has 5 rings (SSSR count). The summed E-state index contributed by atoms with van der Waals surface area (Å²) in [6.45, 7) is 2.36. The van der Waals surface area contributed by atoms with Gasteiger partial charge in [-0.3, -0.25) is 14.2 Å². The van der Waals surface area contributed by atoms with Crippen molar-refractivity contribution >= 4 is 39.9 Å². The predicted octanol–water partition coefficient (Wildman–Crippen LogP) is 4.89. The summed E-state index contributed by atoms with van der Waals surface area (Å²) < 4.78 is 40.5. The summed E-state index contributed by atoms with van der Waals surface area (Å²) in [4.78, 5) is 27.8. The van der Waals surface area contributed by atoms with E-state index in [9.17, 15) is 18.0 Å². The fraction of sp³-hybridized carbons (Fsp3) is 0.304. The number of benzene rings is 1. The van der Waals surface area contributed by atoms with E-state index in [4.69, 9.17) is 17.3 Å². The lowest BCUT2D eigenvalue weighted by molar-refractivity contribution is -0.137. The largest absolute Gasteiger partial charge is 0.417 e. The van der Waals surface area contributed by atoms with Crippen LogP contribution in [0.2, 0.25) is 5.02 Å². The van der Waals surface area contributed by atoms with Crippen molar-refractivity contribution in [2.75, 3.05) is 12.3 Å². The monoisotopic (exact) mass is 488 g/mol. The number of amides is 1. The van der Waals surface area contributed by atoms with Crippen LogP contribution in [0, 0.1) is 12.8 Å². The average molecular weight is 489 g/mol.